The van der Waals surface area contributed by atoms with Crippen LogP contribution in [0.15, 0.2) is 54.9 Å². The smallest absolute Gasteiger partial charge is 0.269 e. The lowest BCUT2D eigenvalue weighted by molar-refractivity contribution is 0.0927. The molecule has 0 saturated carbocycles. The third-order valence-electron chi connectivity index (χ3n) is 3.51. The number of nitrogens with one attached hydrogen (secondary N) is 2. The van der Waals surface area contributed by atoms with Gasteiger partial charge in [0.1, 0.15) is 23.3 Å². The van der Waals surface area contributed by atoms with E-state index in [0.29, 0.717) is 23.7 Å². The molecule has 0 fully saturated rings. The second-order valence-electron chi connectivity index (χ2n) is 5.54. The van der Waals surface area contributed by atoms with Gasteiger partial charge in [-0.05, 0) is 49.4 Å². The predicted octanol–water partition coefficient (Wildman–Crippen LogP) is 2.37. The van der Waals surface area contributed by atoms with Crippen molar-refractivity contribution in [1.82, 2.24) is 20.5 Å². The number of nitrogens with zero attached hydrogens (tertiary/aromatic N) is 2. The number of aromatic nitrogens is 3. The van der Waals surface area contributed by atoms with Gasteiger partial charge in [-0.3, -0.25) is 14.9 Å². The fraction of sp³-hybridized carbons (Fsp3) is 0.167. The Balaban J connectivity index is 1.56. The number of phenolic OH excluding ortho intramolecular Hbond substituents is 1. The van der Waals surface area contributed by atoms with E-state index in [9.17, 15) is 9.90 Å². The summed E-state index contributed by atoms with van der Waals surface area (Å²) in [5.74, 6) is 0.569. The highest BCUT2D eigenvalue weighted by atomic mass is 16.5. The van der Waals surface area contributed by atoms with Crippen molar-refractivity contribution in [1.29, 1.82) is 0 Å². The molecule has 128 valence electrons. The van der Waals surface area contributed by atoms with Gasteiger partial charge < -0.3 is 15.2 Å². The number of rotatable bonds is 6. The molecule has 7 heteroatoms. The van der Waals surface area contributed by atoms with Gasteiger partial charge in [0.2, 0.25) is 0 Å². The van der Waals surface area contributed by atoms with Crippen molar-refractivity contribution < 1.29 is 14.6 Å². The molecular formula is C18H18N4O3. The minimum absolute atomic E-state index is 0.180. The number of pyridine rings is 1. The Morgan fingerprint density at radius 3 is 2.84 bits per heavy atom. The molecule has 3 rings (SSSR count). The van der Waals surface area contributed by atoms with Crippen LogP contribution in [0, 0.1) is 0 Å². The number of phenols is 1. The van der Waals surface area contributed by atoms with Gasteiger partial charge in [0.25, 0.3) is 5.91 Å². The average molecular weight is 338 g/mol. The lowest BCUT2D eigenvalue weighted by Crippen LogP contribution is -2.33. The first-order chi connectivity index (χ1) is 12.1. The molecule has 1 aromatic carbocycles. The molecule has 1 atom stereocenters. The van der Waals surface area contributed by atoms with E-state index < -0.39 is 0 Å². The summed E-state index contributed by atoms with van der Waals surface area (Å²) < 4.78 is 5.66. The van der Waals surface area contributed by atoms with Crippen molar-refractivity contribution in [3.05, 3.63) is 60.6 Å². The number of aromatic amines is 1. The molecule has 0 bridgehead atoms. The summed E-state index contributed by atoms with van der Waals surface area (Å²) in [6.07, 6.45) is 3.09. The Bertz CT molecular complexity index is 831. The highest BCUT2D eigenvalue weighted by molar-refractivity contribution is 5.93. The topological polar surface area (TPSA) is 100 Å². The summed E-state index contributed by atoms with van der Waals surface area (Å²) in [7, 11) is 0. The van der Waals surface area contributed by atoms with Crippen LogP contribution in [0.3, 0.4) is 0 Å². The van der Waals surface area contributed by atoms with Gasteiger partial charge in [-0.1, -0.05) is 0 Å². The summed E-state index contributed by atoms with van der Waals surface area (Å²) >= 11 is 0. The molecule has 7 nitrogen and oxygen atoms in total. The van der Waals surface area contributed by atoms with Gasteiger partial charge in [-0.2, -0.15) is 5.10 Å². The SMILES string of the molecule is C[C@@H](CNC(=O)c1cc(-c2ccc(O)cc2)n[nH]1)Oc1cccnc1. The Morgan fingerprint density at radius 2 is 2.12 bits per heavy atom. The molecule has 0 saturated heterocycles. The molecule has 2 aromatic heterocycles. The molecule has 2 heterocycles. The zero-order chi connectivity index (χ0) is 17.6. The Hall–Kier alpha value is -3.35. The first kappa shape index (κ1) is 16.5. The molecule has 3 N–H and O–H groups in total. The Morgan fingerprint density at radius 1 is 1.32 bits per heavy atom. The van der Waals surface area contributed by atoms with E-state index in [-0.39, 0.29) is 17.8 Å². The molecule has 0 spiro atoms. The monoisotopic (exact) mass is 338 g/mol. The second kappa shape index (κ2) is 7.48. The predicted molar refractivity (Wildman–Crippen MR) is 92.3 cm³/mol. The number of aromatic hydroxyl groups is 1. The van der Waals surface area contributed by atoms with Gasteiger partial charge in [-0.25, -0.2) is 0 Å². The van der Waals surface area contributed by atoms with E-state index in [2.05, 4.69) is 20.5 Å². The first-order valence-electron chi connectivity index (χ1n) is 7.81. The van der Waals surface area contributed by atoms with Crippen LogP contribution < -0.4 is 10.1 Å². The van der Waals surface area contributed by atoms with E-state index in [1.807, 2.05) is 13.0 Å². The highest BCUT2D eigenvalue weighted by Crippen LogP contribution is 2.20. The third kappa shape index (κ3) is 4.35. The summed E-state index contributed by atoms with van der Waals surface area (Å²) in [5.41, 5.74) is 1.79. The number of ether oxygens (including phenoxy) is 1. The largest absolute Gasteiger partial charge is 0.508 e. The van der Waals surface area contributed by atoms with E-state index >= 15 is 0 Å². The number of hydrogen-bond donors (Lipinski definition) is 3. The molecule has 0 aliphatic heterocycles. The summed E-state index contributed by atoms with van der Waals surface area (Å²) in [6.45, 7) is 2.21. The zero-order valence-corrected chi connectivity index (χ0v) is 13.6. The highest BCUT2D eigenvalue weighted by Gasteiger charge is 2.13. The van der Waals surface area contributed by atoms with Crippen molar-refractivity contribution >= 4 is 5.91 Å². The van der Waals surface area contributed by atoms with E-state index in [4.69, 9.17) is 4.74 Å². The third-order valence-corrected chi connectivity index (χ3v) is 3.51. The lowest BCUT2D eigenvalue weighted by atomic mass is 10.1. The molecular weight excluding hydrogens is 320 g/mol. The summed E-state index contributed by atoms with van der Waals surface area (Å²) in [6, 6.07) is 11.9. The number of carbonyl (C=O) groups excluding carboxylic acids is 1. The molecule has 0 unspecified atom stereocenters. The van der Waals surface area contributed by atoms with Crippen LogP contribution >= 0.6 is 0 Å². The van der Waals surface area contributed by atoms with Crippen molar-refractivity contribution in [2.24, 2.45) is 0 Å². The zero-order valence-electron chi connectivity index (χ0n) is 13.6. The maximum Gasteiger partial charge on any atom is 0.269 e. The summed E-state index contributed by atoms with van der Waals surface area (Å²) in [4.78, 5) is 16.2. The Labute approximate surface area is 144 Å². The number of amides is 1. The molecule has 0 radical (unpaired) electrons. The van der Waals surface area contributed by atoms with Crippen molar-refractivity contribution in [3.8, 4) is 22.8 Å². The normalized spacial score (nSPS) is 11.7. The van der Waals surface area contributed by atoms with Crippen molar-refractivity contribution in [2.45, 2.75) is 13.0 Å². The molecule has 1 amide bonds. The van der Waals surface area contributed by atoms with Crippen molar-refractivity contribution in [3.63, 3.8) is 0 Å². The van der Waals surface area contributed by atoms with Crippen LogP contribution in [0.1, 0.15) is 17.4 Å². The number of carbonyl (C=O) groups is 1. The first-order valence-corrected chi connectivity index (χ1v) is 7.81. The van der Waals surface area contributed by atoms with Gasteiger partial charge in [0.15, 0.2) is 0 Å². The van der Waals surface area contributed by atoms with Gasteiger partial charge >= 0.3 is 0 Å². The molecule has 0 aliphatic rings. The van der Waals surface area contributed by atoms with Crippen LogP contribution in [-0.4, -0.2) is 38.8 Å². The minimum Gasteiger partial charge on any atom is -0.508 e. The van der Waals surface area contributed by atoms with Crippen LogP contribution in [-0.2, 0) is 0 Å². The van der Waals surface area contributed by atoms with E-state index in [1.54, 1.807) is 48.8 Å². The van der Waals surface area contributed by atoms with Crippen LogP contribution in [0.2, 0.25) is 0 Å². The van der Waals surface area contributed by atoms with E-state index in [1.165, 1.54) is 0 Å². The maximum atomic E-state index is 12.2. The number of hydrogen-bond acceptors (Lipinski definition) is 5. The van der Waals surface area contributed by atoms with Crippen molar-refractivity contribution in [2.75, 3.05) is 6.54 Å². The lowest BCUT2D eigenvalue weighted by Gasteiger charge is -2.14. The average Bonchev–Trinajstić information content (AvgIpc) is 3.11. The number of H-pyrrole nitrogens is 1. The molecule has 0 aliphatic carbocycles. The van der Waals surface area contributed by atoms with Gasteiger partial charge in [-0.15, -0.1) is 0 Å². The summed E-state index contributed by atoms with van der Waals surface area (Å²) in [5, 5.41) is 19.0. The van der Waals surface area contributed by atoms with Gasteiger partial charge in [0.05, 0.1) is 18.4 Å². The number of benzene rings is 1. The molecule has 3 aromatic rings. The quantitative estimate of drug-likeness (QED) is 0.641. The second-order valence-corrected chi connectivity index (χ2v) is 5.54. The Kier molecular flexibility index (Phi) is 4.94. The fourth-order valence-corrected chi connectivity index (χ4v) is 2.24. The van der Waals surface area contributed by atoms with Crippen LogP contribution in [0.25, 0.3) is 11.3 Å². The minimum atomic E-state index is -0.265. The van der Waals surface area contributed by atoms with Crippen LogP contribution in [0.5, 0.6) is 11.5 Å². The van der Waals surface area contributed by atoms with E-state index in [0.717, 1.165) is 5.56 Å². The molecule has 25 heavy (non-hydrogen) atoms. The fourth-order valence-electron chi connectivity index (χ4n) is 2.24. The maximum absolute atomic E-state index is 12.2. The standard InChI is InChI=1S/C18H18N4O3/c1-12(25-15-3-2-8-19-11-15)10-20-18(24)17-9-16(21-22-17)13-4-6-14(23)7-5-13/h2-9,11-12,23H,10H2,1H3,(H,20,24)(H,21,22)/t12-/m0/s1. The van der Waals surface area contributed by atoms with Crippen LogP contribution in [0.4, 0.5) is 0 Å². The van der Waals surface area contributed by atoms with Gasteiger partial charge in [0, 0.05) is 11.8 Å².